The fourth-order valence-electron chi connectivity index (χ4n) is 3.43. The molecule has 0 saturated carbocycles. The molecule has 1 N–H and O–H groups in total. The molecular formula is C20H21ClN2O2S. The molecule has 0 aromatic heterocycles. The number of esters is 1. The van der Waals surface area contributed by atoms with E-state index in [4.69, 9.17) is 28.6 Å². The van der Waals surface area contributed by atoms with Crippen molar-refractivity contribution in [2.24, 2.45) is 0 Å². The Morgan fingerprint density at radius 2 is 2.04 bits per heavy atom. The Morgan fingerprint density at radius 1 is 1.31 bits per heavy atom. The molecular weight excluding hydrogens is 368 g/mol. The molecule has 0 saturated heterocycles. The van der Waals surface area contributed by atoms with E-state index < -0.39 is 0 Å². The molecule has 2 aromatic carbocycles. The number of rotatable bonds is 2. The Kier molecular flexibility index (Phi) is 5.49. The van der Waals surface area contributed by atoms with Crippen molar-refractivity contribution in [3.05, 3.63) is 58.6 Å². The van der Waals surface area contributed by atoms with Crippen LogP contribution in [0.15, 0.2) is 42.5 Å². The number of anilines is 2. The molecule has 26 heavy (non-hydrogen) atoms. The standard InChI is InChI=1S/C20H21ClN2O2S/c1-12-10-14(21)8-9-17(12)22-20(26)23-13(2)11-16(19(24)25-3)15-6-4-5-7-18(15)23/h4-10,13,16H,11H2,1-3H3,(H,22,26). The molecule has 136 valence electrons. The zero-order chi connectivity index (χ0) is 18.8. The minimum absolute atomic E-state index is 0.0570. The molecule has 0 spiro atoms. The number of methoxy groups -OCH3 is 1. The van der Waals surface area contributed by atoms with Crippen molar-refractivity contribution in [2.75, 3.05) is 17.3 Å². The monoisotopic (exact) mass is 388 g/mol. The normalized spacial score (nSPS) is 18.8. The van der Waals surface area contributed by atoms with Gasteiger partial charge >= 0.3 is 5.97 Å². The van der Waals surface area contributed by atoms with E-state index in [1.807, 2.05) is 49.4 Å². The lowest BCUT2D eigenvalue weighted by molar-refractivity contribution is -0.142. The number of ether oxygens (including phenoxy) is 1. The van der Waals surface area contributed by atoms with E-state index >= 15 is 0 Å². The third kappa shape index (κ3) is 3.55. The molecule has 1 aliphatic heterocycles. The van der Waals surface area contributed by atoms with Crippen LogP contribution in [0.5, 0.6) is 0 Å². The fraction of sp³-hybridized carbons (Fsp3) is 0.300. The van der Waals surface area contributed by atoms with Crippen LogP contribution in [-0.4, -0.2) is 24.2 Å². The number of hydrogen-bond donors (Lipinski definition) is 1. The van der Waals surface area contributed by atoms with Gasteiger partial charge in [0.15, 0.2) is 5.11 Å². The van der Waals surface area contributed by atoms with Crippen molar-refractivity contribution in [1.29, 1.82) is 0 Å². The van der Waals surface area contributed by atoms with Gasteiger partial charge in [0.25, 0.3) is 0 Å². The van der Waals surface area contributed by atoms with Gasteiger partial charge in [-0.25, -0.2) is 0 Å². The number of hydrogen-bond acceptors (Lipinski definition) is 3. The minimum atomic E-state index is -0.275. The number of carbonyl (C=O) groups is 1. The number of aryl methyl sites for hydroxylation is 1. The van der Waals surface area contributed by atoms with Crippen molar-refractivity contribution in [2.45, 2.75) is 32.2 Å². The average molecular weight is 389 g/mol. The Balaban J connectivity index is 1.93. The van der Waals surface area contributed by atoms with Crippen LogP contribution in [0.2, 0.25) is 5.02 Å². The van der Waals surface area contributed by atoms with Crippen LogP contribution in [0.1, 0.15) is 30.4 Å². The number of thiocarbonyl (C=S) groups is 1. The summed E-state index contributed by atoms with van der Waals surface area (Å²) in [6.45, 7) is 4.05. The molecule has 4 nitrogen and oxygen atoms in total. The third-order valence-electron chi connectivity index (χ3n) is 4.72. The van der Waals surface area contributed by atoms with Gasteiger partial charge in [0.1, 0.15) is 0 Å². The number of nitrogens with zero attached hydrogens (tertiary/aromatic N) is 1. The summed E-state index contributed by atoms with van der Waals surface area (Å²) < 4.78 is 4.99. The Bertz CT molecular complexity index is 855. The van der Waals surface area contributed by atoms with E-state index in [-0.39, 0.29) is 17.9 Å². The van der Waals surface area contributed by atoms with Crippen molar-refractivity contribution in [3.63, 3.8) is 0 Å². The predicted molar refractivity (Wildman–Crippen MR) is 110 cm³/mol. The van der Waals surface area contributed by atoms with Crippen LogP contribution in [0.4, 0.5) is 11.4 Å². The van der Waals surface area contributed by atoms with Gasteiger partial charge in [-0.1, -0.05) is 29.8 Å². The van der Waals surface area contributed by atoms with Crippen molar-refractivity contribution in [1.82, 2.24) is 0 Å². The summed E-state index contributed by atoms with van der Waals surface area (Å²) in [4.78, 5) is 14.3. The van der Waals surface area contributed by atoms with E-state index in [0.717, 1.165) is 22.5 Å². The maximum Gasteiger partial charge on any atom is 0.313 e. The smallest absolute Gasteiger partial charge is 0.313 e. The topological polar surface area (TPSA) is 41.6 Å². The van der Waals surface area contributed by atoms with Crippen LogP contribution in [0.25, 0.3) is 0 Å². The van der Waals surface area contributed by atoms with Crippen LogP contribution < -0.4 is 10.2 Å². The van der Waals surface area contributed by atoms with Gasteiger partial charge < -0.3 is 15.0 Å². The summed E-state index contributed by atoms with van der Waals surface area (Å²) in [7, 11) is 1.43. The number of halogens is 1. The van der Waals surface area contributed by atoms with Gasteiger partial charge in [-0.05, 0) is 67.9 Å². The first kappa shape index (κ1) is 18.7. The van der Waals surface area contributed by atoms with E-state index in [0.29, 0.717) is 16.6 Å². The third-order valence-corrected chi connectivity index (χ3v) is 5.26. The Hall–Kier alpha value is -2.11. The Morgan fingerprint density at radius 3 is 2.73 bits per heavy atom. The van der Waals surface area contributed by atoms with E-state index in [1.54, 1.807) is 0 Å². The quantitative estimate of drug-likeness (QED) is 0.585. The SMILES string of the molecule is COC(=O)C1CC(C)N(C(=S)Nc2ccc(Cl)cc2C)c2ccccc21. The van der Waals surface area contributed by atoms with Gasteiger partial charge in [0.2, 0.25) is 0 Å². The van der Waals surface area contributed by atoms with Crippen molar-refractivity contribution in [3.8, 4) is 0 Å². The highest BCUT2D eigenvalue weighted by Crippen LogP contribution is 2.39. The van der Waals surface area contributed by atoms with Crippen LogP contribution in [-0.2, 0) is 9.53 Å². The molecule has 3 rings (SSSR count). The predicted octanol–water partition coefficient (Wildman–Crippen LogP) is 4.90. The number of para-hydroxylation sites is 1. The van der Waals surface area contributed by atoms with Crippen LogP contribution in [0, 0.1) is 6.92 Å². The summed E-state index contributed by atoms with van der Waals surface area (Å²) in [6, 6.07) is 13.5. The zero-order valence-corrected chi connectivity index (χ0v) is 16.5. The highest BCUT2D eigenvalue weighted by molar-refractivity contribution is 7.80. The van der Waals surface area contributed by atoms with Gasteiger partial charge in [0.05, 0.1) is 13.0 Å². The average Bonchev–Trinajstić information content (AvgIpc) is 2.62. The number of benzene rings is 2. The highest BCUT2D eigenvalue weighted by Gasteiger charge is 2.36. The second-order valence-corrected chi connectivity index (χ2v) is 7.30. The number of nitrogens with one attached hydrogen (secondary N) is 1. The molecule has 0 radical (unpaired) electrons. The summed E-state index contributed by atoms with van der Waals surface area (Å²) in [5.41, 5.74) is 3.81. The zero-order valence-electron chi connectivity index (χ0n) is 15.0. The molecule has 2 aromatic rings. The number of fused-ring (bicyclic) bond motifs is 1. The van der Waals surface area contributed by atoms with Crippen molar-refractivity contribution >= 4 is 46.3 Å². The highest BCUT2D eigenvalue weighted by atomic mass is 35.5. The molecule has 0 amide bonds. The fourth-order valence-corrected chi connectivity index (χ4v) is 4.05. The summed E-state index contributed by atoms with van der Waals surface area (Å²) in [5, 5.41) is 4.61. The lowest BCUT2D eigenvalue weighted by atomic mass is 9.86. The summed E-state index contributed by atoms with van der Waals surface area (Å²) >= 11 is 11.7. The molecule has 6 heteroatoms. The van der Waals surface area contributed by atoms with E-state index in [9.17, 15) is 4.79 Å². The molecule has 1 aliphatic rings. The molecule has 0 bridgehead atoms. The largest absolute Gasteiger partial charge is 0.469 e. The first-order valence-electron chi connectivity index (χ1n) is 8.45. The molecule has 2 unspecified atom stereocenters. The second kappa shape index (κ2) is 7.64. The van der Waals surface area contributed by atoms with Gasteiger partial charge in [-0.2, -0.15) is 0 Å². The van der Waals surface area contributed by atoms with E-state index in [1.165, 1.54) is 7.11 Å². The van der Waals surface area contributed by atoms with Gasteiger partial charge in [-0.3, -0.25) is 4.79 Å². The first-order valence-corrected chi connectivity index (χ1v) is 9.24. The lowest BCUT2D eigenvalue weighted by Gasteiger charge is -2.40. The van der Waals surface area contributed by atoms with E-state index in [2.05, 4.69) is 17.1 Å². The molecule has 0 aliphatic carbocycles. The van der Waals surface area contributed by atoms with Crippen LogP contribution >= 0.6 is 23.8 Å². The van der Waals surface area contributed by atoms with Gasteiger partial charge in [-0.15, -0.1) is 0 Å². The lowest BCUT2D eigenvalue weighted by Crippen LogP contribution is -2.46. The molecule has 0 fully saturated rings. The minimum Gasteiger partial charge on any atom is -0.469 e. The number of carbonyl (C=O) groups excluding carboxylic acids is 1. The maximum atomic E-state index is 12.2. The van der Waals surface area contributed by atoms with Gasteiger partial charge in [0, 0.05) is 22.4 Å². The first-order chi connectivity index (χ1) is 12.4. The van der Waals surface area contributed by atoms with Crippen LogP contribution in [0.3, 0.4) is 0 Å². The summed E-state index contributed by atoms with van der Waals surface area (Å²) in [6.07, 6.45) is 0.644. The Labute approximate surface area is 164 Å². The second-order valence-electron chi connectivity index (χ2n) is 6.48. The molecule has 2 atom stereocenters. The molecule has 1 heterocycles. The maximum absolute atomic E-state index is 12.2. The van der Waals surface area contributed by atoms with Crippen molar-refractivity contribution < 1.29 is 9.53 Å². The summed E-state index contributed by atoms with van der Waals surface area (Å²) in [5.74, 6) is -0.487.